The number of anilines is 1. The van der Waals surface area contributed by atoms with Gasteiger partial charge in [-0.25, -0.2) is 4.98 Å². The molecule has 4 atom stereocenters. The van der Waals surface area contributed by atoms with Gasteiger partial charge < -0.3 is 23.7 Å². The summed E-state index contributed by atoms with van der Waals surface area (Å²) < 4.78 is 28.6. The molecule has 1 unspecified atom stereocenters. The van der Waals surface area contributed by atoms with E-state index in [4.69, 9.17) is 18.6 Å². The highest BCUT2D eigenvalue weighted by Gasteiger charge is 2.73. The van der Waals surface area contributed by atoms with Gasteiger partial charge in [-0.2, -0.15) is 4.98 Å². The normalized spacial score (nSPS) is 25.2. The molecule has 0 bridgehead atoms. The molecule has 248 valence electrons. The van der Waals surface area contributed by atoms with Gasteiger partial charge in [0.15, 0.2) is 31.3 Å². The summed E-state index contributed by atoms with van der Waals surface area (Å²) in [5, 5.41) is 14.6. The molecule has 2 fully saturated rings. The molecule has 0 radical (unpaired) electrons. The van der Waals surface area contributed by atoms with Gasteiger partial charge >= 0.3 is 0 Å². The molecule has 2 aromatic heterocycles. The van der Waals surface area contributed by atoms with E-state index in [-0.39, 0.29) is 40.6 Å². The summed E-state index contributed by atoms with van der Waals surface area (Å²) in [7, 11) is -2.30. The first-order chi connectivity index (χ1) is 20.6. The molecule has 1 amide bonds. The van der Waals surface area contributed by atoms with Crippen molar-refractivity contribution in [3.8, 4) is 0 Å². The summed E-state index contributed by atoms with van der Waals surface area (Å²) in [5.74, 6) is -0.604. The van der Waals surface area contributed by atoms with Crippen LogP contribution in [0.2, 0.25) is 18.1 Å². The lowest BCUT2D eigenvalue weighted by molar-refractivity contribution is -0.206. The molecule has 1 saturated carbocycles. The molecule has 1 aliphatic heterocycles. The van der Waals surface area contributed by atoms with E-state index < -0.39 is 43.5 Å². The predicted octanol–water partition coefficient (Wildman–Crippen LogP) is 4.90. The Bertz CT molecular complexity index is 1350. The van der Waals surface area contributed by atoms with Crippen LogP contribution < -0.4 is 10.9 Å². The quantitative estimate of drug-likeness (QED) is 0.183. The number of aliphatic hydroxyl groups is 1. The topological polar surface area (TPSA) is 150 Å². The molecular weight excluding hydrogens is 582 g/mol. The molecule has 2 aliphatic rings. The van der Waals surface area contributed by atoms with Crippen LogP contribution in [0.25, 0.3) is 11.2 Å². The van der Waals surface area contributed by atoms with Crippen molar-refractivity contribution in [1.82, 2.24) is 19.5 Å². The lowest BCUT2D eigenvalue weighted by atomic mass is 9.87. The zero-order chi connectivity index (χ0) is 32.5. The van der Waals surface area contributed by atoms with Crippen molar-refractivity contribution in [1.29, 1.82) is 0 Å². The second kappa shape index (κ2) is 13.3. The van der Waals surface area contributed by atoms with Crippen molar-refractivity contribution in [2.75, 3.05) is 25.1 Å². The van der Waals surface area contributed by atoms with Gasteiger partial charge in [-0.3, -0.25) is 24.5 Å². The van der Waals surface area contributed by atoms with E-state index in [1.54, 1.807) is 18.4 Å². The van der Waals surface area contributed by atoms with Crippen LogP contribution in [0.5, 0.6) is 0 Å². The number of rotatable bonds is 15. The fourth-order valence-electron chi connectivity index (χ4n) is 5.47. The number of fused-ring (bicyclic) bond motifs is 1. The molecule has 13 heteroatoms. The van der Waals surface area contributed by atoms with Gasteiger partial charge in [0.05, 0.1) is 18.5 Å². The van der Waals surface area contributed by atoms with Gasteiger partial charge in [0, 0.05) is 19.1 Å². The Kier molecular flexibility index (Phi) is 10.5. The molecule has 3 heterocycles. The summed E-state index contributed by atoms with van der Waals surface area (Å²) >= 11 is 0. The van der Waals surface area contributed by atoms with E-state index in [0.29, 0.717) is 13.2 Å². The summed E-state index contributed by atoms with van der Waals surface area (Å²) in [6.07, 6.45) is 3.66. The molecule has 0 aromatic carbocycles. The van der Waals surface area contributed by atoms with E-state index in [1.165, 1.54) is 6.33 Å². The molecule has 12 nitrogen and oxygen atoms in total. The Morgan fingerprint density at radius 2 is 1.89 bits per heavy atom. The Morgan fingerprint density at radius 3 is 2.48 bits per heavy atom. The average molecular weight is 636 g/mol. The largest absolute Gasteiger partial charge is 0.408 e. The number of ether oxygens (including phenoxy) is 3. The molecule has 44 heavy (non-hydrogen) atoms. The third-order valence-electron chi connectivity index (χ3n) is 9.35. The number of unbranched alkanes of at least 4 members (excludes halogenated alkanes) is 2. The Hall–Kier alpha value is -2.16. The fourth-order valence-corrected chi connectivity index (χ4v) is 7.13. The van der Waals surface area contributed by atoms with Crippen molar-refractivity contribution < 1.29 is 28.5 Å². The maximum absolute atomic E-state index is 13.0. The number of imidazole rings is 1. The fraction of sp³-hybridized carbons (Fsp3) is 0.806. The van der Waals surface area contributed by atoms with Gasteiger partial charge in [0.1, 0.15) is 12.2 Å². The van der Waals surface area contributed by atoms with E-state index in [2.05, 4.69) is 68.0 Å². The molecule has 4 rings (SSSR count). The summed E-state index contributed by atoms with van der Waals surface area (Å²) in [4.78, 5) is 36.8. The van der Waals surface area contributed by atoms with Gasteiger partial charge in [-0.15, -0.1) is 0 Å². The Labute approximate surface area is 261 Å². The molecule has 0 spiro atoms. The molecule has 3 N–H and O–H groups in total. The van der Waals surface area contributed by atoms with Crippen LogP contribution in [-0.4, -0.2) is 82.1 Å². The first-order valence-electron chi connectivity index (χ1n) is 16.2. The van der Waals surface area contributed by atoms with Crippen LogP contribution in [0.15, 0.2) is 11.1 Å². The summed E-state index contributed by atoms with van der Waals surface area (Å²) in [5.41, 5.74) is -2.10. The van der Waals surface area contributed by atoms with Crippen molar-refractivity contribution in [3.05, 3.63) is 16.7 Å². The highest BCUT2D eigenvalue weighted by Crippen LogP contribution is 2.60. The molecule has 1 aliphatic carbocycles. The molecule has 1 saturated heterocycles. The van der Waals surface area contributed by atoms with Crippen LogP contribution in [0.3, 0.4) is 0 Å². The van der Waals surface area contributed by atoms with E-state index >= 15 is 0 Å². The first-order valence-corrected chi connectivity index (χ1v) is 19.1. The van der Waals surface area contributed by atoms with Gasteiger partial charge in [0.2, 0.25) is 11.9 Å². The van der Waals surface area contributed by atoms with Gasteiger partial charge in [-0.1, -0.05) is 61.3 Å². The zero-order valence-electron chi connectivity index (χ0n) is 28.0. The van der Waals surface area contributed by atoms with E-state index in [9.17, 15) is 14.7 Å². The number of hydrogen-bond acceptors (Lipinski definition) is 9. The van der Waals surface area contributed by atoms with E-state index in [1.807, 2.05) is 0 Å². The SMILES string of the molecule is CCCCOC[C@@]1(C2(O[Si](C)(C)C(C)(C)C)CC2)O[C@@H](n2cnc3c(=O)[nH]c(NC(=O)C(C)C)nc32)[C@@H](O)C1OCCCC. The minimum atomic E-state index is -2.30. The van der Waals surface area contributed by atoms with Crippen molar-refractivity contribution in [2.24, 2.45) is 5.92 Å². The van der Waals surface area contributed by atoms with Crippen molar-refractivity contribution in [3.63, 3.8) is 0 Å². The van der Waals surface area contributed by atoms with Crippen LogP contribution in [0, 0.1) is 5.92 Å². The number of H-pyrrole nitrogens is 1. The third-order valence-corrected chi connectivity index (χ3v) is 13.9. The van der Waals surface area contributed by atoms with Crippen LogP contribution in [0.1, 0.15) is 93.2 Å². The van der Waals surface area contributed by atoms with Gasteiger partial charge in [0.25, 0.3) is 5.56 Å². The second-order valence-electron chi connectivity index (χ2n) is 14.2. The number of hydrogen-bond donors (Lipinski definition) is 3. The minimum absolute atomic E-state index is 0.000248. The smallest absolute Gasteiger partial charge is 0.280 e. The maximum Gasteiger partial charge on any atom is 0.280 e. The number of nitrogens with one attached hydrogen (secondary N) is 2. The monoisotopic (exact) mass is 635 g/mol. The Morgan fingerprint density at radius 1 is 1.23 bits per heavy atom. The van der Waals surface area contributed by atoms with Crippen molar-refractivity contribution >= 4 is 31.3 Å². The number of aromatic nitrogens is 4. The summed E-state index contributed by atoms with van der Waals surface area (Å²) in [6, 6.07) is 0. The average Bonchev–Trinajstić information content (AvgIpc) is 3.49. The first kappa shape index (κ1) is 34.7. The third kappa shape index (κ3) is 6.68. The maximum atomic E-state index is 13.0. The number of aliphatic hydroxyl groups excluding tert-OH is 1. The number of carbonyl (C=O) groups excluding carboxylic acids is 1. The predicted molar refractivity (Wildman–Crippen MR) is 171 cm³/mol. The van der Waals surface area contributed by atoms with Crippen molar-refractivity contribution in [2.45, 2.75) is 135 Å². The highest BCUT2D eigenvalue weighted by atomic mass is 28.4. The zero-order valence-corrected chi connectivity index (χ0v) is 29.0. The van der Waals surface area contributed by atoms with Crippen LogP contribution >= 0.6 is 0 Å². The van der Waals surface area contributed by atoms with Crippen LogP contribution in [0.4, 0.5) is 5.95 Å². The lowest BCUT2D eigenvalue weighted by Gasteiger charge is -2.47. The minimum Gasteiger partial charge on any atom is -0.408 e. The van der Waals surface area contributed by atoms with Gasteiger partial charge in [-0.05, 0) is 43.8 Å². The standard InChI is InChI=1S/C31H53N5O7Si/c1-10-12-16-40-18-31(30(14-15-30)43-44(8,9)29(5,6)7)23(41-17-13-11-2)22(37)27(42-31)36-19-32-21-24(36)33-28(35-26(21)39)34-25(38)20(3)4/h19-20,22-23,27,37H,10-18H2,1-9H3,(H2,33,34,35,38,39)/t22-,23?,27+,31+/m0/s1. The second-order valence-corrected chi connectivity index (χ2v) is 18.9. The van der Waals surface area contributed by atoms with E-state index in [0.717, 1.165) is 38.5 Å². The highest BCUT2D eigenvalue weighted by molar-refractivity contribution is 6.74. The summed E-state index contributed by atoms with van der Waals surface area (Å²) in [6.45, 7) is 19.9. The number of carbonyl (C=O) groups is 1. The number of amides is 1. The lowest BCUT2D eigenvalue weighted by Crippen LogP contribution is -2.62. The number of aromatic amines is 1. The molecular formula is C31H53N5O7Si. The van der Waals surface area contributed by atoms with Crippen LogP contribution in [-0.2, 0) is 23.4 Å². The Balaban J connectivity index is 1.81. The number of nitrogens with zero attached hydrogens (tertiary/aromatic N) is 3. The molecule has 2 aromatic rings.